The molecule has 0 aliphatic heterocycles. The summed E-state index contributed by atoms with van der Waals surface area (Å²) >= 11 is 0. The van der Waals surface area contributed by atoms with Crippen molar-refractivity contribution < 1.29 is 9.53 Å². The highest BCUT2D eigenvalue weighted by Gasteiger charge is 1.96. The van der Waals surface area contributed by atoms with E-state index in [0.717, 1.165) is 30.8 Å². The zero-order valence-electron chi connectivity index (χ0n) is 12.7. The molecule has 0 atom stereocenters. The van der Waals surface area contributed by atoms with E-state index in [-0.39, 0.29) is 5.97 Å². The summed E-state index contributed by atoms with van der Waals surface area (Å²) in [5.41, 5.74) is 3.28. The minimum atomic E-state index is -0.347. The molecule has 1 heterocycles. The van der Waals surface area contributed by atoms with Gasteiger partial charge in [-0.3, -0.25) is 4.98 Å². The first-order valence-corrected chi connectivity index (χ1v) is 7.23. The van der Waals surface area contributed by atoms with Gasteiger partial charge in [0, 0.05) is 37.5 Å². The summed E-state index contributed by atoms with van der Waals surface area (Å²) < 4.78 is 4.56. The normalized spacial score (nSPS) is 10.8. The third kappa shape index (κ3) is 5.50. The van der Waals surface area contributed by atoms with E-state index in [1.54, 1.807) is 6.08 Å². The Morgan fingerprint density at radius 1 is 1.23 bits per heavy atom. The van der Waals surface area contributed by atoms with Crippen molar-refractivity contribution >= 4 is 12.0 Å². The van der Waals surface area contributed by atoms with Gasteiger partial charge in [0.15, 0.2) is 0 Å². The maximum absolute atomic E-state index is 11.0. The molecular formula is C18H20N2O2. The van der Waals surface area contributed by atoms with E-state index in [1.807, 2.05) is 48.7 Å². The first-order valence-electron chi connectivity index (χ1n) is 7.23. The molecule has 0 unspecified atom stereocenters. The number of nitrogens with zero attached hydrogens (tertiary/aromatic N) is 1. The van der Waals surface area contributed by atoms with Crippen LogP contribution >= 0.6 is 0 Å². The predicted molar refractivity (Wildman–Crippen MR) is 87.1 cm³/mol. The van der Waals surface area contributed by atoms with Gasteiger partial charge >= 0.3 is 5.97 Å². The molecular weight excluding hydrogens is 276 g/mol. The molecule has 4 heteroatoms. The van der Waals surface area contributed by atoms with Gasteiger partial charge in [-0.15, -0.1) is 0 Å². The standard InChI is InChI=1S/C18H20N2O2/c1-22-18(21)10-9-15-5-7-16(8-6-15)14-19-13-11-17-4-2-3-12-20-17/h2-10,12,19H,11,13-14H2,1H3. The first-order chi connectivity index (χ1) is 10.8. The summed E-state index contributed by atoms with van der Waals surface area (Å²) in [6.45, 7) is 1.70. The van der Waals surface area contributed by atoms with Gasteiger partial charge in [-0.05, 0) is 29.3 Å². The second kappa shape index (κ2) is 8.74. The molecule has 0 fully saturated rings. The zero-order chi connectivity index (χ0) is 15.6. The Morgan fingerprint density at radius 2 is 2.05 bits per heavy atom. The van der Waals surface area contributed by atoms with E-state index in [9.17, 15) is 4.79 Å². The van der Waals surface area contributed by atoms with Crippen LogP contribution in [0, 0.1) is 0 Å². The second-order valence-corrected chi connectivity index (χ2v) is 4.85. The lowest BCUT2D eigenvalue weighted by Crippen LogP contribution is -2.17. The highest BCUT2D eigenvalue weighted by molar-refractivity contribution is 5.86. The Morgan fingerprint density at radius 3 is 2.73 bits per heavy atom. The SMILES string of the molecule is COC(=O)C=Cc1ccc(CNCCc2ccccn2)cc1. The number of hydrogen-bond donors (Lipinski definition) is 1. The molecule has 0 saturated carbocycles. The summed E-state index contributed by atoms with van der Waals surface area (Å²) in [7, 11) is 1.37. The third-order valence-corrected chi connectivity index (χ3v) is 3.21. The van der Waals surface area contributed by atoms with Crippen LogP contribution in [0.4, 0.5) is 0 Å². The average Bonchev–Trinajstić information content (AvgIpc) is 2.58. The van der Waals surface area contributed by atoms with Crippen LogP contribution in [0.3, 0.4) is 0 Å². The predicted octanol–water partition coefficient (Wildman–Crippen LogP) is 2.60. The fourth-order valence-electron chi connectivity index (χ4n) is 1.97. The second-order valence-electron chi connectivity index (χ2n) is 4.85. The summed E-state index contributed by atoms with van der Waals surface area (Å²) in [6.07, 6.45) is 5.89. The molecule has 114 valence electrons. The van der Waals surface area contributed by atoms with Crippen LogP contribution in [0.2, 0.25) is 0 Å². The number of benzene rings is 1. The van der Waals surface area contributed by atoms with Crippen LogP contribution < -0.4 is 5.32 Å². The lowest BCUT2D eigenvalue weighted by Gasteiger charge is -2.05. The molecule has 0 spiro atoms. The van der Waals surface area contributed by atoms with Crippen LogP contribution in [0.5, 0.6) is 0 Å². The molecule has 1 N–H and O–H groups in total. The lowest BCUT2D eigenvalue weighted by molar-refractivity contribution is -0.134. The van der Waals surface area contributed by atoms with Crippen molar-refractivity contribution in [3.8, 4) is 0 Å². The van der Waals surface area contributed by atoms with Gasteiger partial charge in [-0.25, -0.2) is 4.79 Å². The smallest absolute Gasteiger partial charge is 0.330 e. The van der Waals surface area contributed by atoms with E-state index in [4.69, 9.17) is 0 Å². The van der Waals surface area contributed by atoms with Crippen molar-refractivity contribution in [3.63, 3.8) is 0 Å². The number of rotatable bonds is 7. The van der Waals surface area contributed by atoms with E-state index >= 15 is 0 Å². The Kier molecular flexibility index (Phi) is 6.33. The fraction of sp³-hybridized carbons (Fsp3) is 0.222. The van der Waals surface area contributed by atoms with Crippen molar-refractivity contribution in [2.45, 2.75) is 13.0 Å². The van der Waals surface area contributed by atoms with Gasteiger partial charge in [-0.2, -0.15) is 0 Å². The van der Waals surface area contributed by atoms with Gasteiger partial charge in [-0.1, -0.05) is 30.3 Å². The van der Waals surface area contributed by atoms with E-state index in [0.29, 0.717) is 0 Å². The van der Waals surface area contributed by atoms with Crippen LogP contribution in [-0.4, -0.2) is 24.6 Å². The molecule has 2 rings (SSSR count). The van der Waals surface area contributed by atoms with Crippen LogP contribution in [0.1, 0.15) is 16.8 Å². The minimum absolute atomic E-state index is 0.347. The zero-order valence-corrected chi connectivity index (χ0v) is 12.7. The third-order valence-electron chi connectivity index (χ3n) is 3.21. The number of nitrogens with one attached hydrogen (secondary N) is 1. The molecule has 0 bridgehead atoms. The van der Waals surface area contributed by atoms with Gasteiger partial charge in [0.25, 0.3) is 0 Å². The number of methoxy groups -OCH3 is 1. The monoisotopic (exact) mass is 296 g/mol. The minimum Gasteiger partial charge on any atom is -0.466 e. The number of hydrogen-bond acceptors (Lipinski definition) is 4. The summed E-state index contributed by atoms with van der Waals surface area (Å²) in [5, 5.41) is 3.40. The van der Waals surface area contributed by atoms with Crippen LogP contribution in [0.25, 0.3) is 6.08 Å². The molecule has 0 aliphatic carbocycles. The maximum atomic E-state index is 11.0. The number of pyridine rings is 1. The largest absolute Gasteiger partial charge is 0.466 e. The highest BCUT2D eigenvalue weighted by Crippen LogP contribution is 2.06. The number of carbonyl (C=O) groups is 1. The van der Waals surface area contributed by atoms with Crippen LogP contribution in [-0.2, 0) is 22.5 Å². The maximum Gasteiger partial charge on any atom is 0.330 e. The molecule has 0 saturated heterocycles. The lowest BCUT2D eigenvalue weighted by atomic mass is 10.1. The number of esters is 1. The topological polar surface area (TPSA) is 51.2 Å². The molecule has 22 heavy (non-hydrogen) atoms. The molecule has 0 radical (unpaired) electrons. The molecule has 4 nitrogen and oxygen atoms in total. The van der Waals surface area contributed by atoms with Gasteiger partial charge < -0.3 is 10.1 Å². The average molecular weight is 296 g/mol. The van der Waals surface area contributed by atoms with Crippen molar-refractivity contribution in [1.82, 2.24) is 10.3 Å². The van der Waals surface area contributed by atoms with Gasteiger partial charge in [0.2, 0.25) is 0 Å². The summed E-state index contributed by atoms with van der Waals surface area (Å²) in [5.74, 6) is -0.347. The first kappa shape index (κ1) is 15.9. The van der Waals surface area contributed by atoms with Crippen molar-refractivity contribution in [2.75, 3.05) is 13.7 Å². The summed E-state index contributed by atoms with van der Waals surface area (Å²) in [4.78, 5) is 15.3. The summed E-state index contributed by atoms with van der Waals surface area (Å²) in [6, 6.07) is 14.0. The highest BCUT2D eigenvalue weighted by atomic mass is 16.5. The van der Waals surface area contributed by atoms with Gasteiger partial charge in [0.05, 0.1) is 7.11 Å². The van der Waals surface area contributed by atoms with E-state index in [1.165, 1.54) is 18.7 Å². The van der Waals surface area contributed by atoms with E-state index < -0.39 is 0 Å². The molecule has 0 aliphatic rings. The molecule has 2 aromatic rings. The Hall–Kier alpha value is -2.46. The Balaban J connectivity index is 1.74. The quantitative estimate of drug-likeness (QED) is 0.485. The number of aromatic nitrogens is 1. The van der Waals surface area contributed by atoms with Crippen molar-refractivity contribution in [2.24, 2.45) is 0 Å². The van der Waals surface area contributed by atoms with Gasteiger partial charge in [0.1, 0.15) is 0 Å². The Labute approximate surface area is 130 Å². The van der Waals surface area contributed by atoms with Crippen molar-refractivity contribution in [1.29, 1.82) is 0 Å². The fourth-order valence-corrected chi connectivity index (χ4v) is 1.97. The van der Waals surface area contributed by atoms with Crippen molar-refractivity contribution in [3.05, 3.63) is 71.6 Å². The Bertz CT molecular complexity index is 607. The number of ether oxygens (including phenoxy) is 1. The number of carbonyl (C=O) groups excluding carboxylic acids is 1. The van der Waals surface area contributed by atoms with E-state index in [2.05, 4.69) is 15.0 Å². The molecule has 1 aromatic carbocycles. The molecule has 1 aromatic heterocycles. The molecule has 0 amide bonds. The van der Waals surface area contributed by atoms with Crippen LogP contribution in [0.15, 0.2) is 54.7 Å².